The lowest BCUT2D eigenvalue weighted by atomic mass is 9.99. The first-order chi connectivity index (χ1) is 8.44. The highest BCUT2D eigenvalue weighted by Gasteiger charge is 2.40. The van der Waals surface area contributed by atoms with E-state index in [0.717, 1.165) is 16.8 Å². The molecule has 1 atom stereocenters. The van der Waals surface area contributed by atoms with Crippen LogP contribution in [0.3, 0.4) is 0 Å². The number of rotatable bonds is 2. The average Bonchev–Trinajstić information content (AvgIpc) is 2.30. The molecule has 100 valence electrons. The lowest BCUT2D eigenvalue weighted by Crippen LogP contribution is -2.53. The zero-order valence-electron chi connectivity index (χ0n) is 11.1. The van der Waals surface area contributed by atoms with Crippen molar-refractivity contribution in [2.24, 2.45) is 0 Å². The Morgan fingerprint density at radius 2 is 1.89 bits per heavy atom. The van der Waals surface area contributed by atoms with Crippen molar-refractivity contribution in [3.63, 3.8) is 0 Å². The van der Waals surface area contributed by atoms with Crippen molar-refractivity contribution in [3.05, 3.63) is 29.3 Å². The molecule has 0 aliphatic carbocycles. The summed E-state index contributed by atoms with van der Waals surface area (Å²) in [6.07, 6.45) is -0.496. The number of piperidine rings is 1. The van der Waals surface area contributed by atoms with Gasteiger partial charge in [0.2, 0.25) is 0 Å². The quantitative estimate of drug-likeness (QED) is 0.872. The fourth-order valence-electron chi connectivity index (χ4n) is 2.72. The van der Waals surface area contributed by atoms with Crippen LogP contribution in [-0.4, -0.2) is 25.7 Å². The number of aryl methyl sites for hydroxylation is 2. The molecule has 2 nitrogen and oxygen atoms in total. The van der Waals surface area contributed by atoms with Crippen LogP contribution < -0.4 is 10.2 Å². The van der Waals surface area contributed by atoms with E-state index in [1.165, 1.54) is 0 Å². The van der Waals surface area contributed by atoms with Crippen molar-refractivity contribution in [2.75, 3.05) is 18.5 Å². The molecule has 4 heteroatoms. The van der Waals surface area contributed by atoms with Crippen molar-refractivity contribution >= 4 is 5.69 Å². The zero-order valence-corrected chi connectivity index (χ0v) is 11.1. The zero-order chi connectivity index (χ0) is 13.3. The Morgan fingerprint density at radius 3 is 2.44 bits per heavy atom. The SMILES string of the molecule is CNC1CC(F)(F)CCN1c1c(C)cccc1C. The van der Waals surface area contributed by atoms with E-state index in [-0.39, 0.29) is 19.0 Å². The minimum atomic E-state index is -2.55. The summed E-state index contributed by atoms with van der Waals surface area (Å²) >= 11 is 0. The predicted molar refractivity (Wildman–Crippen MR) is 70.3 cm³/mol. The lowest BCUT2D eigenvalue weighted by Gasteiger charge is -2.42. The number of nitrogens with one attached hydrogen (secondary N) is 1. The van der Waals surface area contributed by atoms with Crippen LogP contribution in [-0.2, 0) is 0 Å². The number of anilines is 1. The summed E-state index contributed by atoms with van der Waals surface area (Å²) < 4.78 is 26.9. The van der Waals surface area contributed by atoms with Crippen LogP contribution in [0.1, 0.15) is 24.0 Å². The molecule has 1 aromatic carbocycles. The van der Waals surface area contributed by atoms with Crippen LogP contribution in [0.15, 0.2) is 18.2 Å². The Kier molecular flexibility index (Phi) is 3.57. The second-order valence-electron chi connectivity index (χ2n) is 5.05. The van der Waals surface area contributed by atoms with E-state index in [4.69, 9.17) is 0 Å². The van der Waals surface area contributed by atoms with Crippen molar-refractivity contribution in [1.82, 2.24) is 5.32 Å². The maximum atomic E-state index is 13.5. The molecule has 0 spiro atoms. The van der Waals surface area contributed by atoms with Gasteiger partial charge in [0.1, 0.15) is 0 Å². The van der Waals surface area contributed by atoms with Crippen molar-refractivity contribution in [1.29, 1.82) is 0 Å². The number of hydrogen-bond donors (Lipinski definition) is 1. The summed E-state index contributed by atoms with van der Waals surface area (Å²) in [6, 6.07) is 6.06. The third kappa shape index (κ3) is 2.48. The van der Waals surface area contributed by atoms with Gasteiger partial charge in [-0.3, -0.25) is 0 Å². The molecular formula is C14H20F2N2. The maximum Gasteiger partial charge on any atom is 0.253 e. The first-order valence-corrected chi connectivity index (χ1v) is 6.32. The molecule has 18 heavy (non-hydrogen) atoms. The van der Waals surface area contributed by atoms with Crippen LogP contribution >= 0.6 is 0 Å². The summed E-state index contributed by atoms with van der Waals surface area (Å²) in [5, 5.41) is 3.01. The van der Waals surface area contributed by atoms with E-state index >= 15 is 0 Å². The summed E-state index contributed by atoms with van der Waals surface area (Å²) in [5.74, 6) is -2.55. The van der Waals surface area contributed by atoms with Gasteiger partial charge in [-0.05, 0) is 32.0 Å². The van der Waals surface area contributed by atoms with E-state index in [9.17, 15) is 8.78 Å². The minimum absolute atomic E-state index is 0.0705. The van der Waals surface area contributed by atoms with Gasteiger partial charge in [0.15, 0.2) is 0 Å². The number of benzene rings is 1. The summed E-state index contributed by atoms with van der Waals surface area (Å²) in [5.41, 5.74) is 3.37. The van der Waals surface area contributed by atoms with E-state index in [1.54, 1.807) is 7.05 Å². The molecule has 0 bridgehead atoms. The number of para-hydroxylation sites is 1. The van der Waals surface area contributed by atoms with Gasteiger partial charge in [0.25, 0.3) is 5.92 Å². The normalized spacial score (nSPS) is 23.2. The Labute approximate surface area is 107 Å². The fraction of sp³-hybridized carbons (Fsp3) is 0.571. The summed E-state index contributed by atoms with van der Waals surface area (Å²) in [6.45, 7) is 4.45. The van der Waals surface area contributed by atoms with Gasteiger partial charge in [-0.15, -0.1) is 0 Å². The summed E-state index contributed by atoms with van der Waals surface area (Å²) in [4.78, 5) is 2.07. The first kappa shape index (κ1) is 13.3. The number of halogens is 2. The van der Waals surface area contributed by atoms with Gasteiger partial charge in [0, 0.05) is 25.1 Å². The molecule has 1 N–H and O–H groups in total. The second kappa shape index (κ2) is 4.84. The van der Waals surface area contributed by atoms with Crippen LogP contribution in [0.2, 0.25) is 0 Å². The van der Waals surface area contributed by atoms with Crippen molar-refractivity contribution in [2.45, 2.75) is 38.8 Å². The molecule has 2 rings (SSSR count). The Morgan fingerprint density at radius 1 is 1.28 bits per heavy atom. The molecule has 1 aliphatic rings. The maximum absolute atomic E-state index is 13.5. The molecule has 0 radical (unpaired) electrons. The first-order valence-electron chi connectivity index (χ1n) is 6.32. The molecular weight excluding hydrogens is 234 g/mol. The standard InChI is InChI=1S/C14H20F2N2/c1-10-5-4-6-11(2)13(10)18-8-7-14(15,16)9-12(18)17-3/h4-6,12,17H,7-9H2,1-3H3. The molecule has 1 aliphatic heterocycles. The molecule has 0 amide bonds. The van der Waals surface area contributed by atoms with Crippen LogP contribution in [0.5, 0.6) is 0 Å². The van der Waals surface area contributed by atoms with Gasteiger partial charge in [-0.25, -0.2) is 8.78 Å². The highest BCUT2D eigenvalue weighted by atomic mass is 19.3. The highest BCUT2D eigenvalue weighted by molar-refractivity contribution is 5.59. The van der Waals surface area contributed by atoms with E-state index in [1.807, 2.05) is 32.0 Å². The third-order valence-electron chi connectivity index (χ3n) is 3.65. The van der Waals surface area contributed by atoms with Crippen molar-refractivity contribution in [3.8, 4) is 0 Å². The predicted octanol–water partition coefficient (Wildman–Crippen LogP) is 3.08. The van der Waals surface area contributed by atoms with Gasteiger partial charge in [-0.2, -0.15) is 0 Å². The van der Waals surface area contributed by atoms with E-state index < -0.39 is 5.92 Å². The Bertz CT molecular complexity index is 412. The number of hydrogen-bond acceptors (Lipinski definition) is 2. The third-order valence-corrected chi connectivity index (χ3v) is 3.65. The Hall–Kier alpha value is -1.16. The van der Waals surface area contributed by atoms with Crippen LogP contribution in [0.25, 0.3) is 0 Å². The topological polar surface area (TPSA) is 15.3 Å². The molecule has 0 aromatic heterocycles. The molecule has 0 saturated carbocycles. The largest absolute Gasteiger partial charge is 0.355 e. The van der Waals surface area contributed by atoms with Gasteiger partial charge in [0.05, 0.1) is 6.17 Å². The van der Waals surface area contributed by atoms with Crippen molar-refractivity contribution < 1.29 is 8.78 Å². The minimum Gasteiger partial charge on any atom is -0.355 e. The lowest BCUT2D eigenvalue weighted by molar-refractivity contribution is -0.0366. The highest BCUT2D eigenvalue weighted by Crippen LogP contribution is 2.36. The van der Waals surface area contributed by atoms with Gasteiger partial charge < -0.3 is 10.2 Å². The average molecular weight is 254 g/mol. The Balaban J connectivity index is 2.33. The van der Waals surface area contributed by atoms with Crippen LogP contribution in [0.4, 0.5) is 14.5 Å². The summed E-state index contributed by atoms with van der Waals surface area (Å²) in [7, 11) is 1.74. The number of alkyl halides is 2. The number of nitrogens with zero attached hydrogens (tertiary/aromatic N) is 1. The molecule has 1 saturated heterocycles. The fourth-order valence-corrected chi connectivity index (χ4v) is 2.72. The molecule has 1 fully saturated rings. The smallest absolute Gasteiger partial charge is 0.253 e. The van der Waals surface area contributed by atoms with E-state index in [2.05, 4.69) is 10.2 Å². The molecule has 1 heterocycles. The van der Waals surface area contributed by atoms with Gasteiger partial charge in [-0.1, -0.05) is 18.2 Å². The van der Waals surface area contributed by atoms with Crippen LogP contribution in [0, 0.1) is 13.8 Å². The monoisotopic (exact) mass is 254 g/mol. The van der Waals surface area contributed by atoms with E-state index in [0.29, 0.717) is 6.54 Å². The second-order valence-corrected chi connectivity index (χ2v) is 5.05. The molecule has 1 unspecified atom stereocenters. The van der Waals surface area contributed by atoms with Gasteiger partial charge >= 0.3 is 0 Å². The molecule has 1 aromatic rings.